The molecule has 0 aliphatic rings. The minimum absolute atomic E-state index is 0.140. The highest BCUT2D eigenvalue weighted by atomic mass is 79.9. The van der Waals surface area contributed by atoms with Crippen molar-refractivity contribution in [1.29, 1.82) is 0 Å². The predicted molar refractivity (Wildman–Crippen MR) is 138 cm³/mol. The van der Waals surface area contributed by atoms with Gasteiger partial charge in [0.15, 0.2) is 11.4 Å². The second-order valence-electron chi connectivity index (χ2n) is 8.30. The maximum Gasteiger partial charge on any atom is 0.228 e. The number of pyridine rings is 1. The molecule has 0 spiro atoms. The van der Waals surface area contributed by atoms with Gasteiger partial charge in [0, 0.05) is 10.9 Å². The van der Waals surface area contributed by atoms with E-state index in [-0.39, 0.29) is 11.5 Å². The Morgan fingerprint density at radius 1 is 0.914 bits per heavy atom. The van der Waals surface area contributed by atoms with Crippen molar-refractivity contribution in [2.75, 3.05) is 0 Å². The fourth-order valence-electron chi connectivity index (χ4n) is 4.16. The molecule has 0 aliphatic carbocycles. The highest BCUT2D eigenvalue weighted by molar-refractivity contribution is 9.10. The lowest BCUT2D eigenvalue weighted by atomic mass is 10.0. The fourth-order valence-corrected chi connectivity index (χ4v) is 4.46. The Labute approximate surface area is 208 Å². The Morgan fingerprint density at radius 2 is 1.71 bits per heavy atom. The van der Waals surface area contributed by atoms with E-state index in [9.17, 15) is 9.90 Å². The number of aromatic nitrogens is 3. The highest BCUT2D eigenvalue weighted by Crippen LogP contribution is 2.31. The number of carbonyl (C=O) groups excluding carboxylic acids is 1. The average Bonchev–Trinajstić information content (AvgIpc) is 3.49. The van der Waals surface area contributed by atoms with E-state index in [1.54, 1.807) is 24.3 Å². The molecule has 0 aliphatic heterocycles. The maximum atomic E-state index is 12.7. The number of aromatic hydroxyl groups is 1. The molecule has 3 heterocycles. The van der Waals surface area contributed by atoms with E-state index in [2.05, 4.69) is 30.9 Å². The molecule has 0 radical (unpaired) electrons. The van der Waals surface area contributed by atoms with Crippen LogP contribution in [0.25, 0.3) is 33.5 Å². The number of ketones is 1. The van der Waals surface area contributed by atoms with E-state index in [0.717, 1.165) is 22.0 Å². The topological polar surface area (TPSA) is 92.0 Å². The van der Waals surface area contributed by atoms with E-state index in [1.807, 2.05) is 60.7 Å². The highest BCUT2D eigenvalue weighted by Gasteiger charge is 2.15. The molecule has 6 rings (SSSR count). The van der Waals surface area contributed by atoms with Crippen LogP contribution in [0.15, 0.2) is 93.9 Å². The number of furan rings is 1. The average molecular weight is 524 g/mol. The van der Waals surface area contributed by atoms with E-state index in [4.69, 9.17) is 4.42 Å². The fraction of sp³-hybridized carbons (Fsp3) is 0.0357. The number of nitrogens with zero attached hydrogens (tertiary/aromatic N) is 2. The zero-order valence-corrected chi connectivity index (χ0v) is 19.9. The van der Waals surface area contributed by atoms with Crippen molar-refractivity contribution in [2.45, 2.75) is 6.42 Å². The van der Waals surface area contributed by atoms with Crippen molar-refractivity contribution < 1.29 is 14.3 Å². The lowest BCUT2D eigenvalue weighted by molar-refractivity contribution is 0.101. The molecule has 3 aromatic carbocycles. The maximum absolute atomic E-state index is 12.7. The van der Waals surface area contributed by atoms with Crippen LogP contribution in [-0.4, -0.2) is 25.8 Å². The molecule has 0 bridgehead atoms. The normalized spacial score (nSPS) is 11.3. The van der Waals surface area contributed by atoms with Gasteiger partial charge in [0.25, 0.3) is 0 Å². The molecule has 6 nitrogen and oxygen atoms in total. The number of imidazole rings is 1. The molecular formula is C28H18BrN3O3. The Bertz CT molecular complexity index is 1720. The van der Waals surface area contributed by atoms with Gasteiger partial charge in [-0.1, -0.05) is 42.5 Å². The quantitative estimate of drug-likeness (QED) is 0.194. The molecule has 0 amide bonds. The smallest absolute Gasteiger partial charge is 0.228 e. The molecule has 7 heteroatoms. The first-order valence-electron chi connectivity index (χ1n) is 11.0. The lowest BCUT2D eigenvalue weighted by Crippen LogP contribution is -1.98. The first-order chi connectivity index (χ1) is 17.0. The van der Waals surface area contributed by atoms with Crippen molar-refractivity contribution in [3.63, 3.8) is 0 Å². The van der Waals surface area contributed by atoms with Gasteiger partial charge < -0.3 is 14.5 Å². The third-order valence-corrected chi connectivity index (χ3v) is 6.32. The minimum Gasteiger partial charge on any atom is -0.507 e. The number of hydrogen-bond acceptors (Lipinski definition) is 5. The Balaban J connectivity index is 1.30. The summed E-state index contributed by atoms with van der Waals surface area (Å²) >= 11 is 3.36. The van der Waals surface area contributed by atoms with Crippen LogP contribution in [0.4, 0.5) is 0 Å². The second-order valence-corrected chi connectivity index (χ2v) is 9.11. The van der Waals surface area contributed by atoms with Gasteiger partial charge in [0.1, 0.15) is 21.8 Å². The summed E-state index contributed by atoms with van der Waals surface area (Å²) in [5, 5.41) is 11.4. The number of hydrogen-bond donors (Lipinski definition) is 2. The summed E-state index contributed by atoms with van der Waals surface area (Å²) in [5.41, 5.74) is 5.30. The summed E-state index contributed by atoms with van der Waals surface area (Å²) in [6.45, 7) is 0. The van der Waals surface area contributed by atoms with Crippen LogP contribution in [0.1, 0.15) is 27.2 Å². The van der Waals surface area contributed by atoms with E-state index >= 15 is 0 Å². The van der Waals surface area contributed by atoms with Crippen LogP contribution in [0, 0.1) is 0 Å². The monoisotopic (exact) mass is 523 g/mol. The molecule has 3 aromatic heterocycles. The zero-order chi connectivity index (χ0) is 23.9. The predicted octanol–water partition coefficient (Wildman–Crippen LogP) is 6.66. The zero-order valence-electron chi connectivity index (χ0n) is 18.3. The summed E-state index contributed by atoms with van der Waals surface area (Å²) in [4.78, 5) is 24.9. The summed E-state index contributed by atoms with van der Waals surface area (Å²) in [6, 6.07) is 26.0. The molecule has 35 heavy (non-hydrogen) atoms. The molecule has 6 aromatic rings. The first-order valence-corrected chi connectivity index (χ1v) is 11.8. The Kier molecular flexibility index (Phi) is 5.19. The summed E-state index contributed by atoms with van der Waals surface area (Å²) < 4.78 is 6.51. The van der Waals surface area contributed by atoms with E-state index in [1.165, 1.54) is 0 Å². The van der Waals surface area contributed by atoms with Crippen LogP contribution in [0.5, 0.6) is 5.75 Å². The molecule has 0 fully saturated rings. The number of halogens is 1. The molecule has 0 saturated carbocycles. The summed E-state index contributed by atoms with van der Waals surface area (Å²) in [6.07, 6.45) is 0.639. The molecular weight excluding hydrogens is 506 g/mol. The van der Waals surface area contributed by atoms with Gasteiger partial charge in [-0.25, -0.2) is 9.97 Å². The number of aromatic amines is 1. The van der Waals surface area contributed by atoms with Crippen molar-refractivity contribution >= 4 is 43.8 Å². The number of phenols is 1. The van der Waals surface area contributed by atoms with Gasteiger partial charge >= 0.3 is 0 Å². The summed E-state index contributed by atoms with van der Waals surface area (Å²) in [5.74, 6) is 0.875. The van der Waals surface area contributed by atoms with Crippen molar-refractivity contribution in [3.05, 3.63) is 112 Å². The minimum atomic E-state index is -0.140. The van der Waals surface area contributed by atoms with E-state index < -0.39 is 0 Å². The van der Waals surface area contributed by atoms with Gasteiger partial charge in [0.2, 0.25) is 5.78 Å². The lowest BCUT2D eigenvalue weighted by Gasteiger charge is -2.06. The van der Waals surface area contributed by atoms with Crippen LogP contribution < -0.4 is 0 Å². The van der Waals surface area contributed by atoms with E-state index in [0.29, 0.717) is 45.0 Å². The Hall–Kier alpha value is -4.23. The third kappa shape index (κ3) is 4.11. The number of carbonyl (C=O) groups is 1. The van der Waals surface area contributed by atoms with Gasteiger partial charge in [-0.3, -0.25) is 4.79 Å². The first kappa shape index (κ1) is 21.3. The number of fused-ring (bicyclic) bond motifs is 2. The van der Waals surface area contributed by atoms with Crippen LogP contribution in [0.2, 0.25) is 0 Å². The van der Waals surface area contributed by atoms with Crippen LogP contribution in [-0.2, 0) is 6.42 Å². The number of nitrogens with one attached hydrogen (secondary N) is 1. The number of H-pyrrole nitrogens is 1. The number of rotatable bonds is 5. The molecule has 0 unspecified atom stereocenters. The number of benzene rings is 3. The largest absolute Gasteiger partial charge is 0.507 e. The van der Waals surface area contributed by atoms with Gasteiger partial charge in [-0.15, -0.1) is 0 Å². The van der Waals surface area contributed by atoms with Gasteiger partial charge in [-0.05, 0) is 75.9 Å². The standard InChI is InChI=1S/C28H18BrN3O3/c29-25-11-8-21-28(31-25)32-27(30-21)20-14-17(6-9-22(20)33)12-16-7-10-23-19(13-16)15-24(35-23)26(34)18-4-2-1-3-5-18/h1-11,13-15,33H,12H2,(H,30,31,32). The van der Waals surface area contributed by atoms with Gasteiger partial charge in [-0.2, -0.15) is 0 Å². The van der Waals surface area contributed by atoms with Crippen LogP contribution >= 0.6 is 15.9 Å². The van der Waals surface area contributed by atoms with Gasteiger partial charge in [0.05, 0.1) is 11.1 Å². The SMILES string of the molecule is O=C(c1ccccc1)c1cc2cc(Cc3ccc(O)c(-c4nc5nc(Br)ccc5[nH]4)c3)ccc2o1. The molecule has 0 saturated heterocycles. The summed E-state index contributed by atoms with van der Waals surface area (Å²) in [7, 11) is 0. The second kappa shape index (κ2) is 8.52. The number of phenolic OH excluding ortho intramolecular Hbond substituents is 1. The Morgan fingerprint density at radius 3 is 2.57 bits per heavy atom. The van der Waals surface area contributed by atoms with Crippen molar-refractivity contribution in [1.82, 2.24) is 15.0 Å². The molecule has 170 valence electrons. The van der Waals surface area contributed by atoms with Crippen molar-refractivity contribution in [2.24, 2.45) is 0 Å². The molecule has 2 N–H and O–H groups in total. The van der Waals surface area contributed by atoms with Crippen LogP contribution in [0.3, 0.4) is 0 Å². The molecule has 0 atom stereocenters. The third-order valence-electron chi connectivity index (χ3n) is 5.88. The van der Waals surface area contributed by atoms with Crippen molar-refractivity contribution in [3.8, 4) is 17.1 Å².